The molecule has 1 amide bonds. The first kappa shape index (κ1) is 19.0. The Morgan fingerprint density at radius 1 is 0.893 bits per heavy atom. The molecular weight excluding hydrogens is 354 g/mol. The molecule has 0 unspecified atom stereocenters. The topological polar surface area (TPSA) is 96.0 Å². The maximum Gasteiger partial charge on any atom is 0.229 e. The summed E-state index contributed by atoms with van der Waals surface area (Å²) in [4.78, 5) is 31.9. The van der Waals surface area contributed by atoms with Gasteiger partial charge in [0, 0.05) is 30.2 Å². The maximum absolute atomic E-state index is 12.0. The van der Waals surface area contributed by atoms with E-state index in [-0.39, 0.29) is 11.7 Å². The summed E-state index contributed by atoms with van der Waals surface area (Å²) in [6.07, 6.45) is 1.49. The van der Waals surface area contributed by atoms with Gasteiger partial charge in [0.1, 0.15) is 5.82 Å². The van der Waals surface area contributed by atoms with Crippen LogP contribution in [-0.2, 0) is 4.79 Å². The molecule has 7 nitrogen and oxygen atoms in total. The highest BCUT2D eigenvalue weighted by Crippen LogP contribution is 2.23. The Labute approximate surface area is 163 Å². The number of Topliss-reactive ketones (excluding diaryl/α,β-unsaturated/α-hetero) is 1. The largest absolute Gasteiger partial charge is 0.339 e. The van der Waals surface area contributed by atoms with Crippen molar-refractivity contribution in [1.29, 1.82) is 0 Å². The lowest BCUT2D eigenvalue weighted by Gasteiger charge is -2.12. The molecule has 0 fully saturated rings. The molecule has 7 heteroatoms. The molecular formula is C21H21N5O2. The number of aromatic nitrogens is 2. The quantitative estimate of drug-likeness (QED) is 0.552. The molecule has 3 aromatic rings. The first-order chi connectivity index (χ1) is 13.4. The lowest BCUT2D eigenvalue weighted by molar-refractivity contribution is -0.114. The van der Waals surface area contributed by atoms with Crippen LogP contribution in [0.25, 0.3) is 0 Å². The molecule has 1 heterocycles. The fraction of sp³-hybridized carbons (Fsp3) is 0.143. The predicted molar refractivity (Wildman–Crippen MR) is 111 cm³/mol. The van der Waals surface area contributed by atoms with Crippen LogP contribution < -0.4 is 16.0 Å². The number of aryl methyl sites for hydroxylation is 1. The van der Waals surface area contributed by atoms with Crippen molar-refractivity contribution in [2.45, 2.75) is 20.8 Å². The normalized spacial score (nSPS) is 10.2. The van der Waals surface area contributed by atoms with Crippen molar-refractivity contribution in [3.05, 3.63) is 65.9 Å². The summed E-state index contributed by atoms with van der Waals surface area (Å²) in [5.74, 6) is 0.479. The third-order valence-electron chi connectivity index (χ3n) is 3.89. The summed E-state index contributed by atoms with van der Waals surface area (Å²) >= 11 is 0. The van der Waals surface area contributed by atoms with E-state index in [0.717, 1.165) is 11.3 Å². The third-order valence-corrected chi connectivity index (χ3v) is 3.89. The third kappa shape index (κ3) is 4.91. The smallest absolute Gasteiger partial charge is 0.229 e. The molecule has 0 radical (unpaired) electrons. The Morgan fingerprint density at radius 2 is 1.57 bits per heavy atom. The monoisotopic (exact) mass is 375 g/mol. The summed E-state index contributed by atoms with van der Waals surface area (Å²) in [6.45, 7) is 4.92. The van der Waals surface area contributed by atoms with Gasteiger partial charge in [0.25, 0.3) is 0 Å². The molecule has 0 bridgehead atoms. The van der Waals surface area contributed by atoms with E-state index in [0.29, 0.717) is 28.7 Å². The molecule has 28 heavy (non-hydrogen) atoms. The molecule has 0 aliphatic heterocycles. The summed E-state index contributed by atoms with van der Waals surface area (Å²) < 4.78 is 0. The van der Waals surface area contributed by atoms with E-state index in [4.69, 9.17) is 0 Å². The van der Waals surface area contributed by atoms with Crippen LogP contribution in [-0.4, -0.2) is 21.7 Å². The lowest BCUT2D eigenvalue weighted by Crippen LogP contribution is -2.08. The number of ketones is 1. The number of anilines is 5. The highest BCUT2D eigenvalue weighted by molar-refractivity contribution is 5.99. The van der Waals surface area contributed by atoms with Gasteiger partial charge in [-0.15, -0.1) is 0 Å². The molecule has 2 aromatic carbocycles. The van der Waals surface area contributed by atoms with Crippen LogP contribution in [0.2, 0.25) is 0 Å². The molecule has 0 saturated carbocycles. The summed E-state index contributed by atoms with van der Waals surface area (Å²) in [5.41, 5.74) is 3.70. The van der Waals surface area contributed by atoms with E-state index < -0.39 is 0 Å². The van der Waals surface area contributed by atoms with E-state index in [2.05, 4.69) is 25.9 Å². The zero-order valence-corrected chi connectivity index (χ0v) is 15.9. The number of carbonyl (C=O) groups excluding carboxylic acids is 2. The van der Waals surface area contributed by atoms with Crippen LogP contribution in [0.3, 0.4) is 0 Å². The predicted octanol–water partition coefficient (Wildman–Crippen LogP) is 4.43. The van der Waals surface area contributed by atoms with Crippen molar-refractivity contribution in [3.63, 3.8) is 0 Å². The van der Waals surface area contributed by atoms with Crippen LogP contribution in [0.4, 0.5) is 28.8 Å². The highest BCUT2D eigenvalue weighted by atomic mass is 16.1. The van der Waals surface area contributed by atoms with E-state index >= 15 is 0 Å². The zero-order valence-electron chi connectivity index (χ0n) is 15.9. The minimum absolute atomic E-state index is 0.130. The van der Waals surface area contributed by atoms with Crippen molar-refractivity contribution in [1.82, 2.24) is 9.97 Å². The Hall–Kier alpha value is -3.74. The van der Waals surface area contributed by atoms with Crippen LogP contribution in [0.15, 0.2) is 54.7 Å². The zero-order chi connectivity index (χ0) is 20.1. The standard InChI is InChI=1S/C21H21N5O2/c1-13-6-4-7-16(10-13)24-20-19(14(2)27)12-22-21(26-20)25-18-9-5-8-17(11-18)23-15(3)28/h4-12H,1-3H3,(H,23,28)(H2,22,24,25,26). The molecule has 0 spiro atoms. The van der Waals surface area contributed by atoms with E-state index in [9.17, 15) is 9.59 Å². The van der Waals surface area contributed by atoms with Crippen molar-refractivity contribution in [2.24, 2.45) is 0 Å². The number of nitrogens with one attached hydrogen (secondary N) is 3. The Balaban J connectivity index is 1.88. The van der Waals surface area contributed by atoms with Crippen molar-refractivity contribution in [3.8, 4) is 0 Å². The Kier molecular flexibility index (Phi) is 5.64. The number of carbonyl (C=O) groups is 2. The van der Waals surface area contributed by atoms with Crippen LogP contribution >= 0.6 is 0 Å². The SMILES string of the molecule is CC(=O)Nc1cccc(Nc2ncc(C(C)=O)c(Nc3cccc(C)c3)n2)c1. The molecule has 0 saturated heterocycles. The Bertz CT molecular complexity index is 1030. The fourth-order valence-electron chi connectivity index (χ4n) is 2.66. The van der Waals surface area contributed by atoms with Gasteiger partial charge in [0.2, 0.25) is 11.9 Å². The van der Waals surface area contributed by atoms with Gasteiger partial charge in [-0.2, -0.15) is 4.98 Å². The van der Waals surface area contributed by atoms with E-state index in [1.807, 2.05) is 43.3 Å². The number of hydrogen-bond donors (Lipinski definition) is 3. The van der Waals surface area contributed by atoms with E-state index in [1.54, 1.807) is 12.1 Å². The van der Waals surface area contributed by atoms with Crippen LogP contribution in [0.1, 0.15) is 29.8 Å². The first-order valence-corrected chi connectivity index (χ1v) is 8.77. The number of hydrogen-bond acceptors (Lipinski definition) is 6. The minimum atomic E-state index is -0.149. The van der Waals surface area contributed by atoms with Crippen LogP contribution in [0.5, 0.6) is 0 Å². The second-order valence-electron chi connectivity index (χ2n) is 6.39. The average Bonchev–Trinajstić information content (AvgIpc) is 2.61. The lowest BCUT2D eigenvalue weighted by atomic mass is 10.2. The maximum atomic E-state index is 12.0. The molecule has 3 N–H and O–H groups in total. The van der Waals surface area contributed by atoms with Crippen molar-refractivity contribution >= 4 is 40.5 Å². The summed E-state index contributed by atoms with van der Waals surface area (Å²) in [5, 5.41) is 9.01. The van der Waals surface area contributed by atoms with Gasteiger partial charge in [-0.1, -0.05) is 18.2 Å². The van der Waals surface area contributed by atoms with Gasteiger partial charge in [-0.3, -0.25) is 9.59 Å². The van der Waals surface area contributed by atoms with Gasteiger partial charge in [0.05, 0.1) is 5.56 Å². The molecule has 3 rings (SSSR count). The highest BCUT2D eigenvalue weighted by Gasteiger charge is 2.12. The van der Waals surface area contributed by atoms with Gasteiger partial charge in [-0.05, 0) is 49.7 Å². The average molecular weight is 375 g/mol. The molecule has 142 valence electrons. The first-order valence-electron chi connectivity index (χ1n) is 8.77. The minimum Gasteiger partial charge on any atom is -0.339 e. The number of amides is 1. The second-order valence-corrected chi connectivity index (χ2v) is 6.39. The van der Waals surface area contributed by atoms with Gasteiger partial charge >= 0.3 is 0 Å². The summed E-state index contributed by atoms with van der Waals surface area (Å²) in [6, 6.07) is 15.0. The number of rotatable bonds is 6. The van der Waals surface area contributed by atoms with E-state index in [1.165, 1.54) is 20.0 Å². The summed E-state index contributed by atoms with van der Waals surface area (Å²) in [7, 11) is 0. The van der Waals surface area contributed by atoms with Gasteiger partial charge in [0.15, 0.2) is 5.78 Å². The molecule has 0 aliphatic carbocycles. The Morgan fingerprint density at radius 3 is 2.25 bits per heavy atom. The van der Waals surface area contributed by atoms with Gasteiger partial charge in [-0.25, -0.2) is 4.98 Å². The number of nitrogens with zero attached hydrogens (tertiary/aromatic N) is 2. The van der Waals surface area contributed by atoms with Crippen LogP contribution in [0, 0.1) is 6.92 Å². The molecule has 1 aromatic heterocycles. The number of benzene rings is 2. The molecule has 0 atom stereocenters. The molecule has 0 aliphatic rings. The van der Waals surface area contributed by atoms with Crippen molar-refractivity contribution in [2.75, 3.05) is 16.0 Å². The second kappa shape index (κ2) is 8.30. The fourth-order valence-corrected chi connectivity index (χ4v) is 2.66. The van der Waals surface area contributed by atoms with Gasteiger partial charge < -0.3 is 16.0 Å². The van der Waals surface area contributed by atoms with Crippen molar-refractivity contribution < 1.29 is 9.59 Å².